The number of aromatic nitrogens is 1. The van der Waals surface area contributed by atoms with Crippen LogP contribution in [0.3, 0.4) is 0 Å². The SMILES string of the molecule is NC(=O)C12C(=O)CN(C(=O)Cc3cccnc3)C1CCN2C(=O)CCC1CCCCC1. The first-order chi connectivity index (χ1) is 14.9. The standard InChI is InChI=1S/C23H30N4O4/c24-22(31)23-18(10-12-27(23)20(29)9-8-16-5-2-1-3-6-16)26(15-19(23)28)21(30)13-17-7-4-11-25-14-17/h4,7,11,14,16,18H,1-3,5-6,8-10,12-13,15H2,(H2,24,31). The average molecular weight is 427 g/mol. The van der Waals surface area contributed by atoms with E-state index in [0.29, 0.717) is 18.8 Å². The van der Waals surface area contributed by atoms with Crippen molar-refractivity contribution in [2.24, 2.45) is 11.7 Å². The van der Waals surface area contributed by atoms with Crippen LogP contribution in [0.1, 0.15) is 56.9 Å². The van der Waals surface area contributed by atoms with Gasteiger partial charge >= 0.3 is 0 Å². The second-order valence-electron chi connectivity index (χ2n) is 9.01. The summed E-state index contributed by atoms with van der Waals surface area (Å²) < 4.78 is 0. The number of nitrogens with two attached hydrogens (primary N) is 1. The number of pyridine rings is 1. The van der Waals surface area contributed by atoms with Crippen molar-refractivity contribution in [2.45, 2.75) is 69.4 Å². The van der Waals surface area contributed by atoms with Crippen molar-refractivity contribution in [3.05, 3.63) is 30.1 Å². The molecule has 2 N–H and O–H groups in total. The average Bonchev–Trinajstić information content (AvgIpc) is 3.31. The molecule has 0 spiro atoms. The fourth-order valence-electron chi connectivity index (χ4n) is 5.65. The van der Waals surface area contributed by atoms with Crippen molar-refractivity contribution >= 4 is 23.5 Å². The van der Waals surface area contributed by atoms with Gasteiger partial charge in [0, 0.05) is 25.4 Å². The molecule has 8 heteroatoms. The molecule has 0 radical (unpaired) electrons. The molecule has 0 bridgehead atoms. The number of nitrogens with zero attached hydrogens (tertiary/aromatic N) is 3. The van der Waals surface area contributed by atoms with Crippen LogP contribution in [0.15, 0.2) is 24.5 Å². The van der Waals surface area contributed by atoms with E-state index in [1.54, 1.807) is 24.5 Å². The van der Waals surface area contributed by atoms with Crippen molar-refractivity contribution in [2.75, 3.05) is 13.1 Å². The van der Waals surface area contributed by atoms with E-state index in [9.17, 15) is 19.2 Å². The van der Waals surface area contributed by atoms with E-state index in [0.717, 1.165) is 24.8 Å². The number of ketones is 1. The summed E-state index contributed by atoms with van der Waals surface area (Å²) in [6.07, 6.45) is 10.7. The lowest BCUT2D eigenvalue weighted by molar-refractivity contribution is -0.150. The predicted molar refractivity (Wildman–Crippen MR) is 113 cm³/mol. The first kappa shape index (κ1) is 21.5. The number of carbonyl (C=O) groups is 4. The van der Waals surface area contributed by atoms with E-state index in [2.05, 4.69) is 4.98 Å². The molecule has 1 aromatic heterocycles. The van der Waals surface area contributed by atoms with Crippen LogP contribution in [0.4, 0.5) is 0 Å². The Bertz CT molecular complexity index is 868. The largest absolute Gasteiger partial charge is 0.367 e. The number of likely N-dealkylation sites (tertiary alicyclic amines) is 2. The number of hydrogen-bond acceptors (Lipinski definition) is 5. The summed E-state index contributed by atoms with van der Waals surface area (Å²) in [4.78, 5) is 58.6. The minimum Gasteiger partial charge on any atom is -0.367 e. The Morgan fingerprint density at radius 2 is 1.90 bits per heavy atom. The van der Waals surface area contributed by atoms with Crippen LogP contribution in [0.25, 0.3) is 0 Å². The van der Waals surface area contributed by atoms with Gasteiger partial charge in [0.15, 0.2) is 5.78 Å². The Balaban J connectivity index is 1.50. The summed E-state index contributed by atoms with van der Waals surface area (Å²) >= 11 is 0. The zero-order valence-electron chi connectivity index (χ0n) is 17.8. The summed E-state index contributed by atoms with van der Waals surface area (Å²) in [6, 6.07) is 2.84. The minimum atomic E-state index is -1.73. The monoisotopic (exact) mass is 426 g/mol. The Morgan fingerprint density at radius 3 is 2.58 bits per heavy atom. The van der Waals surface area contributed by atoms with E-state index in [1.165, 1.54) is 29.1 Å². The molecule has 31 heavy (non-hydrogen) atoms. The summed E-state index contributed by atoms with van der Waals surface area (Å²) in [6.45, 7) is 0.0681. The molecule has 3 fully saturated rings. The lowest BCUT2D eigenvalue weighted by Gasteiger charge is -2.35. The summed E-state index contributed by atoms with van der Waals surface area (Å²) in [5.74, 6) is -1.22. The quantitative estimate of drug-likeness (QED) is 0.687. The first-order valence-electron chi connectivity index (χ1n) is 11.3. The lowest BCUT2D eigenvalue weighted by atomic mass is 9.85. The molecule has 3 aliphatic rings. The van der Waals surface area contributed by atoms with E-state index in [4.69, 9.17) is 5.73 Å². The molecule has 166 valence electrons. The summed E-state index contributed by atoms with van der Waals surface area (Å²) in [5, 5.41) is 0. The van der Waals surface area contributed by atoms with Gasteiger partial charge in [-0.25, -0.2) is 0 Å². The van der Waals surface area contributed by atoms with Gasteiger partial charge < -0.3 is 15.5 Å². The topological polar surface area (TPSA) is 114 Å². The van der Waals surface area contributed by atoms with Gasteiger partial charge in [-0.1, -0.05) is 38.2 Å². The molecular weight excluding hydrogens is 396 g/mol. The van der Waals surface area contributed by atoms with Gasteiger partial charge in [0.1, 0.15) is 0 Å². The molecule has 2 atom stereocenters. The van der Waals surface area contributed by atoms with Crippen LogP contribution in [-0.4, -0.2) is 63.0 Å². The maximum Gasteiger partial charge on any atom is 0.253 e. The van der Waals surface area contributed by atoms with E-state index < -0.39 is 23.3 Å². The van der Waals surface area contributed by atoms with Gasteiger partial charge in [-0.05, 0) is 30.4 Å². The molecule has 1 aromatic rings. The van der Waals surface area contributed by atoms with Gasteiger partial charge in [0.2, 0.25) is 17.4 Å². The number of primary amides is 1. The van der Waals surface area contributed by atoms with Gasteiger partial charge in [-0.15, -0.1) is 0 Å². The van der Waals surface area contributed by atoms with Crippen LogP contribution < -0.4 is 5.73 Å². The van der Waals surface area contributed by atoms with E-state index in [-0.39, 0.29) is 31.3 Å². The van der Waals surface area contributed by atoms with Crippen LogP contribution >= 0.6 is 0 Å². The molecular formula is C23H30N4O4. The number of hydrogen-bond donors (Lipinski definition) is 1. The zero-order valence-corrected chi connectivity index (χ0v) is 17.8. The highest BCUT2D eigenvalue weighted by Gasteiger charge is 2.66. The number of amides is 3. The zero-order chi connectivity index (χ0) is 22.0. The fourth-order valence-corrected chi connectivity index (χ4v) is 5.65. The molecule has 3 amide bonds. The predicted octanol–water partition coefficient (Wildman–Crippen LogP) is 1.22. The third-order valence-corrected chi connectivity index (χ3v) is 7.22. The van der Waals surface area contributed by atoms with Crippen molar-refractivity contribution in [1.82, 2.24) is 14.8 Å². The molecule has 4 rings (SSSR count). The molecule has 2 unspecified atom stereocenters. The number of carbonyl (C=O) groups excluding carboxylic acids is 4. The van der Waals surface area contributed by atoms with Crippen LogP contribution in [0.5, 0.6) is 0 Å². The molecule has 0 aromatic carbocycles. The molecule has 8 nitrogen and oxygen atoms in total. The minimum absolute atomic E-state index is 0.0854. The lowest BCUT2D eigenvalue weighted by Crippen LogP contribution is -2.64. The first-order valence-corrected chi connectivity index (χ1v) is 11.3. The third-order valence-electron chi connectivity index (χ3n) is 7.22. The van der Waals surface area contributed by atoms with Gasteiger partial charge in [-0.3, -0.25) is 24.2 Å². The molecule has 2 aliphatic heterocycles. The summed E-state index contributed by atoms with van der Waals surface area (Å²) in [5.41, 5.74) is 4.75. The van der Waals surface area contributed by atoms with E-state index >= 15 is 0 Å². The van der Waals surface area contributed by atoms with Crippen molar-refractivity contribution in [3.8, 4) is 0 Å². The Hall–Kier alpha value is -2.77. The Morgan fingerprint density at radius 1 is 1.13 bits per heavy atom. The van der Waals surface area contributed by atoms with Crippen molar-refractivity contribution in [3.63, 3.8) is 0 Å². The second-order valence-corrected chi connectivity index (χ2v) is 9.01. The van der Waals surface area contributed by atoms with Crippen molar-refractivity contribution < 1.29 is 19.2 Å². The molecule has 2 saturated heterocycles. The molecule has 3 heterocycles. The smallest absolute Gasteiger partial charge is 0.253 e. The summed E-state index contributed by atoms with van der Waals surface area (Å²) in [7, 11) is 0. The van der Waals surface area contributed by atoms with Gasteiger partial charge in [0.05, 0.1) is 19.0 Å². The fraction of sp³-hybridized carbons (Fsp3) is 0.609. The highest BCUT2D eigenvalue weighted by atomic mass is 16.2. The Labute approximate surface area is 182 Å². The molecule has 1 aliphatic carbocycles. The maximum atomic E-state index is 13.1. The van der Waals surface area contributed by atoms with Gasteiger partial charge in [-0.2, -0.15) is 0 Å². The maximum absolute atomic E-state index is 13.1. The van der Waals surface area contributed by atoms with Gasteiger partial charge in [0.25, 0.3) is 5.91 Å². The highest BCUT2D eigenvalue weighted by molar-refractivity contribution is 6.17. The number of Topliss-reactive ketones (excluding diaryl/α,β-unsaturated/α-hetero) is 1. The van der Waals surface area contributed by atoms with Crippen LogP contribution in [0, 0.1) is 5.92 Å². The highest BCUT2D eigenvalue weighted by Crippen LogP contribution is 2.40. The number of rotatable bonds is 6. The second kappa shape index (κ2) is 8.77. The third kappa shape index (κ3) is 3.83. The van der Waals surface area contributed by atoms with Crippen LogP contribution in [-0.2, 0) is 25.6 Å². The molecule has 1 saturated carbocycles. The Kier molecular flexibility index (Phi) is 6.07. The van der Waals surface area contributed by atoms with Crippen LogP contribution in [0.2, 0.25) is 0 Å². The van der Waals surface area contributed by atoms with Crippen molar-refractivity contribution in [1.29, 1.82) is 0 Å². The number of fused-ring (bicyclic) bond motifs is 1. The normalized spacial score (nSPS) is 26.2. The van der Waals surface area contributed by atoms with E-state index in [1.807, 2.05) is 0 Å².